The fraction of sp³-hybridized carbons (Fsp3) is 0.385. The second kappa shape index (κ2) is 9.39. The van der Waals surface area contributed by atoms with Gasteiger partial charge in [-0.05, 0) is 0 Å². The van der Waals surface area contributed by atoms with E-state index in [2.05, 4.69) is 37.3 Å². The van der Waals surface area contributed by atoms with Crippen LogP contribution in [0.2, 0.25) is 0 Å². The molecule has 0 aliphatic heterocycles. The van der Waals surface area contributed by atoms with Crippen molar-refractivity contribution in [3.8, 4) is 0 Å². The summed E-state index contributed by atoms with van der Waals surface area (Å²) in [5, 5.41) is 0. The number of allylic oxidation sites excluding steroid dienone is 8. The Balaban J connectivity index is -0.000000189. The number of hydrogen-bond acceptors (Lipinski definition) is 0. The molecule has 0 radical (unpaired) electrons. The first-order valence-corrected chi connectivity index (χ1v) is 4.91. The Bertz CT molecular complexity index is 243. The zero-order valence-corrected chi connectivity index (χ0v) is 12.3. The van der Waals surface area contributed by atoms with Crippen molar-refractivity contribution in [3.63, 3.8) is 0 Å². The van der Waals surface area contributed by atoms with Gasteiger partial charge in [-0.1, -0.05) is 19.8 Å². The van der Waals surface area contributed by atoms with Crippen LogP contribution in [0, 0.1) is 12.2 Å². The maximum absolute atomic E-state index is 3.26. The first kappa shape index (κ1) is 13.8. The van der Waals surface area contributed by atoms with Crippen LogP contribution in [0.25, 0.3) is 0 Å². The molecule has 0 unspecified atom stereocenters. The van der Waals surface area contributed by atoms with Crippen molar-refractivity contribution in [2.24, 2.45) is 0 Å². The van der Waals surface area contributed by atoms with Gasteiger partial charge in [0.05, 0.1) is 0 Å². The van der Waals surface area contributed by atoms with Gasteiger partial charge in [0.1, 0.15) is 0 Å². The second-order valence-electron chi connectivity index (χ2n) is 3.06. The van der Waals surface area contributed by atoms with Crippen molar-refractivity contribution >= 4 is 0 Å². The summed E-state index contributed by atoms with van der Waals surface area (Å²) in [7, 11) is 0. The Morgan fingerprint density at radius 1 is 1.36 bits per heavy atom. The third-order valence-electron chi connectivity index (χ3n) is 1.87. The van der Waals surface area contributed by atoms with Crippen LogP contribution < -0.4 is 0 Å². The standard InChI is InChI=1S/C8H11.C5H5.Hf.2H/c1-2-5-8-6-3-4-7-8;1-2-4-5-3-1;;;/h3,6H,2,4-5H2,1H3;1-3H,4H2;;;/q2*-1;;2*-1. The third-order valence-corrected chi connectivity index (χ3v) is 1.87. The van der Waals surface area contributed by atoms with E-state index < -0.39 is 0 Å². The van der Waals surface area contributed by atoms with Gasteiger partial charge in [-0.25, -0.2) is 23.8 Å². The van der Waals surface area contributed by atoms with Gasteiger partial charge in [0.25, 0.3) is 0 Å². The summed E-state index contributed by atoms with van der Waals surface area (Å²) in [6, 6.07) is 0. The Morgan fingerprint density at radius 2 is 2.21 bits per heavy atom. The van der Waals surface area contributed by atoms with Gasteiger partial charge >= 0.3 is 0 Å². The second-order valence-corrected chi connectivity index (χ2v) is 3.06. The predicted octanol–water partition coefficient (Wildman–Crippen LogP) is 4.00. The molecule has 0 aromatic rings. The van der Waals surface area contributed by atoms with E-state index in [4.69, 9.17) is 0 Å². The monoisotopic (exact) mass is 354 g/mol. The topological polar surface area (TPSA) is 0 Å². The molecule has 0 heterocycles. The van der Waals surface area contributed by atoms with Gasteiger partial charge in [-0.3, -0.25) is 12.2 Å². The molecule has 0 bridgehead atoms. The Labute approximate surface area is 109 Å². The van der Waals surface area contributed by atoms with E-state index in [1.807, 2.05) is 12.2 Å². The van der Waals surface area contributed by atoms with Gasteiger partial charge in [0.2, 0.25) is 0 Å². The molecule has 0 aromatic carbocycles. The smallest absolute Gasteiger partial charge is 0 e. The zero-order valence-electron chi connectivity index (χ0n) is 10.7. The van der Waals surface area contributed by atoms with Crippen molar-refractivity contribution in [1.82, 2.24) is 0 Å². The van der Waals surface area contributed by atoms with Crippen LogP contribution in [0.1, 0.15) is 35.5 Å². The molecule has 14 heavy (non-hydrogen) atoms. The van der Waals surface area contributed by atoms with E-state index >= 15 is 0 Å². The van der Waals surface area contributed by atoms with Crippen molar-refractivity contribution < 1.29 is 28.7 Å². The summed E-state index contributed by atoms with van der Waals surface area (Å²) in [5.41, 5.74) is 1.40. The minimum atomic E-state index is 0. The predicted molar refractivity (Wildman–Crippen MR) is 59.2 cm³/mol. The third kappa shape index (κ3) is 6.31. The first-order chi connectivity index (χ1) is 6.43. The summed E-state index contributed by atoms with van der Waals surface area (Å²) in [6.07, 6.45) is 21.1. The van der Waals surface area contributed by atoms with Crippen LogP contribution in [-0.2, 0) is 25.8 Å². The molecule has 2 rings (SSSR count). The van der Waals surface area contributed by atoms with E-state index in [0.717, 1.165) is 12.8 Å². The number of hydrogen-bond donors (Lipinski definition) is 0. The van der Waals surface area contributed by atoms with E-state index in [1.165, 1.54) is 18.4 Å². The van der Waals surface area contributed by atoms with Crippen LogP contribution in [0.15, 0.2) is 36.0 Å². The maximum Gasteiger partial charge on any atom is 0 e. The fourth-order valence-electron chi connectivity index (χ4n) is 1.23. The molecule has 0 N–H and O–H groups in total. The zero-order chi connectivity index (χ0) is 9.36. The van der Waals surface area contributed by atoms with E-state index in [9.17, 15) is 0 Å². The quantitative estimate of drug-likeness (QED) is 0.520. The van der Waals surface area contributed by atoms with Crippen molar-refractivity contribution in [3.05, 3.63) is 48.1 Å². The SMILES string of the molecule is CCCC1=[C-]CC=C1.[C-]1=CC=CC1.[H-].[H-].[Hf]. The molecular formula is C13H18Hf-4. The van der Waals surface area contributed by atoms with E-state index in [1.54, 1.807) is 0 Å². The average Bonchev–Trinajstić information content (AvgIpc) is 2.79. The van der Waals surface area contributed by atoms with Crippen LogP contribution in [0.3, 0.4) is 0 Å². The van der Waals surface area contributed by atoms with E-state index in [0.29, 0.717) is 0 Å². The molecule has 0 fully saturated rings. The molecule has 2 aliphatic carbocycles. The minimum absolute atomic E-state index is 0. The molecule has 0 saturated heterocycles. The van der Waals surface area contributed by atoms with Crippen molar-refractivity contribution in [2.75, 3.05) is 0 Å². The molecule has 1 heteroatoms. The molecule has 0 spiro atoms. The molecule has 0 nitrogen and oxygen atoms in total. The largest absolute Gasteiger partial charge is 1.00 e. The van der Waals surface area contributed by atoms with Gasteiger partial charge in [-0.15, -0.1) is 12.8 Å². The van der Waals surface area contributed by atoms with Gasteiger partial charge in [0.15, 0.2) is 0 Å². The minimum Gasteiger partial charge on any atom is -1.00 e. The molecule has 0 amide bonds. The molecule has 78 valence electrons. The van der Waals surface area contributed by atoms with E-state index in [-0.39, 0.29) is 28.7 Å². The van der Waals surface area contributed by atoms with Crippen LogP contribution in [-0.4, -0.2) is 0 Å². The summed E-state index contributed by atoms with van der Waals surface area (Å²) in [4.78, 5) is 0. The fourth-order valence-corrected chi connectivity index (χ4v) is 1.23. The van der Waals surface area contributed by atoms with Crippen LogP contribution in [0.4, 0.5) is 0 Å². The Morgan fingerprint density at radius 3 is 2.57 bits per heavy atom. The van der Waals surface area contributed by atoms with Crippen LogP contribution >= 0.6 is 0 Å². The van der Waals surface area contributed by atoms with Gasteiger partial charge in [0, 0.05) is 25.8 Å². The molecule has 0 atom stereocenters. The summed E-state index contributed by atoms with van der Waals surface area (Å²) in [5.74, 6) is 0. The van der Waals surface area contributed by atoms with Crippen molar-refractivity contribution in [1.29, 1.82) is 0 Å². The summed E-state index contributed by atoms with van der Waals surface area (Å²) in [6.45, 7) is 2.20. The summed E-state index contributed by atoms with van der Waals surface area (Å²) < 4.78 is 0. The maximum atomic E-state index is 3.26. The first-order valence-electron chi connectivity index (χ1n) is 4.91. The van der Waals surface area contributed by atoms with Gasteiger partial charge < -0.3 is 2.85 Å². The molecule has 2 aliphatic rings. The van der Waals surface area contributed by atoms with Crippen molar-refractivity contribution in [2.45, 2.75) is 32.6 Å². The van der Waals surface area contributed by atoms with Crippen LogP contribution in [0.5, 0.6) is 0 Å². The molecular weight excluding hydrogens is 335 g/mol. The van der Waals surface area contributed by atoms with Gasteiger partial charge in [-0.2, -0.15) is 12.2 Å². The summed E-state index contributed by atoms with van der Waals surface area (Å²) >= 11 is 0. The normalized spacial score (nSPS) is 15.9. The Kier molecular flexibility index (Phi) is 9.27. The molecule has 0 aromatic heterocycles. The number of rotatable bonds is 2. The average molecular weight is 353 g/mol. The molecule has 0 saturated carbocycles. The Hall–Kier alpha value is -0.170.